The van der Waals surface area contributed by atoms with Crippen LogP contribution in [-0.2, 0) is 0 Å². The molecule has 3 heteroatoms. The number of hydrogen-bond donors (Lipinski definition) is 2. The van der Waals surface area contributed by atoms with Gasteiger partial charge in [-0.1, -0.05) is 38.5 Å². The van der Waals surface area contributed by atoms with Crippen molar-refractivity contribution in [3.8, 4) is 0 Å². The van der Waals surface area contributed by atoms with Gasteiger partial charge in [0.05, 0.1) is 5.84 Å². The van der Waals surface area contributed by atoms with Gasteiger partial charge in [0, 0.05) is 18.5 Å². The van der Waals surface area contributed by atoms with E-state index in [1.807, 2.05) is 0 Å². The van der Waals surface area contributed by atoms with E-state index in [-0.39, 0.29) is 0 Å². The van der Waals surface area contributed by atoms with Crippen LogP contribution in [0, 0.1) is 5.41 Å². The molecule has 2 rings (SSSR count). The summed E-state index contributed by atoms with van der Waals surface area (Å²) in [4.78, 5) is 2.81. The Balaban J connectivity index is 1.88. The van der Waals surface area contributed by atoms with Crippen molar-refractivity contribution in [2.24, 2.45) is 5.73 Å². The van der Waals surface area contributed by atoms with E-state index in [2.05, 4.69) is 4.90 Å². The summed E-state index contributed by atoms with van der Waals surface area (Å²) in [6.07, 6.45) is 16.0. The summed E-state index contributed by atoms with van der Waals surface area (Å²) in [5.41, 5.74) is 5.50. The van der Waals surface area contributed by atoms with Crippen LogP contribution >= 0.6 is 0 Å². The SMILES string of the molecule is N=C(N)CCCN(C1CCCCC1)C1CCCCC1. The summed E-state index contributed by atoms with van der Waals surface area (Å²) in [6.45, 7) is 1.16. The molecule has 0 atom stereocenters. The molecule has 2 saturated carbocycles. The Kier molecular flexibility index (Phi) is 6.15. The maximum atomic E-state index is 7.39. The van der Waals surface area contributed by atoms with Gasteiger partial charge in [-0.15, -0.1) is 0 Å². The van der Waals surface area contributed by atoms with E-state index in [1.165, 1.54) is 64.2 Å². The molecule has 0 spiro atoms. The van der Waals surface area contributed by atoms with Gasteiger partial charge in [-0.2, -0.15) is 0 Å². The van der Waals surface area contributed by atoms with E-state index in [0.717, 1.165) is 31.5 Å². The maximum absolute atomic E-state index is 7.39. The number of nitrogens with zero attached hydrogens (tertiary/aromatic N) is 1. The van der Waals surface area contributed by atoms with Crippen LogP contribution < -0.4 is 5.73 Å². The van der Waals surface area contributed by atoms with Crippen molar-refractivity contribution in [1.82, 2.24) is 4.90 Å². The Bertz CT molecular complexity index is 247. The van der Waals surface area contributed by atoms with Crippen molar-refractivity contribution in [2.75, 3.05) is 6.54 Å². The highest BCUT2D eigenvalue weighted by Gasteiger charge is 2.28. The number of rotatable bonds is 6. The van der Waals surface area contributed by atoms with Gasteiger partial charge in [-0.3, -0.25) is 10.3 Å². The molecular weight excluding hydrogens is 234 g/mol. The lowest BCUT2D eigenvalue weighted by Crippen LogP contribution is -2.45. The van der Waals surface area contributed by atoms with Gasteiger partial charge in [0.25, 0.3) is 0 Å². The van der Waals surface area contributed by atoms with Crippen LogP contribution in [0.5, 0.6) is 0 Å². The third-order valence-electron chi connectivity index (χ3n) is 4.95. The van der Waals surface area contributed by atoms with Gasteiger partial charge >= 0.3 is 0 Å². The number of nitrogens with two attached hydrogens (primary N) is 1. The summed E-state index contributed by atoms with van der Waals surface area (Å²) < 4.78 is 0. The zero-order chi connectivity index (χ0) is 13.5. The molecule has 0 bridgehead atoms. The van der Waals surface area contributed by atoms with Crippen molar-refractivity contribution < 1.29 is 0 Å². The Labute approximate surface area is 118 Å². The van der Waals surface area contributed by atoms with Crippen molar-refractivity contribution in [3.05, 3.63) is 0 Å². The fourth-order valence-electron chi connectivity index (χ4n) is 3.94. The number of amidine groups is 1. The molecule has 0 heterocycles. The molecule has 3 nitrogen and oxygen atoms in total. The van der Waals surface area contributed by atoms with Crippen LogP contribution in [0.1, 0.15) is 77.0 Å². The molecule has 2 aliphatic carbocycles. The molecule has 0 aliphatic heterocycles. The van der Waals surface area contributed by atoms with Gasteiger partial charge in [0.2, 0.25) is 0 Å². The van der Waals surface area contributed by atoms with Crippen LogP contribution in [-0.4, -0.2) is 29.4 Å². The Morgan fingerprint density at radius 3 is 1.79 bits per heavy atom. The van der Waals surface area contributed by atoms with Crippen molar-refractivity contribution in [3.63, 3.8) is 0 Å². The third kappa shape index (κ3) is 4.79. The lowest BCUT2D eigenvalue weighted by molar-refractivity contribution is 0.0801. The first kappa shape index (κ1) is 14.8. The second-order valence-corrected chi connectivity index (χ2v) is 6.45. The first-order valence-corrected chi connectivity index (χ1v) is 8.36. The molecule has 0 aromatic rings. The maximum Gasteiger partial charge on any atom is 0.0905 e. The fraction of sp³-hybridized carbons (Fsp3) is 0.938. The Morgan fingerprint density at radius 1 is 0.895 bits per heavy atom. The van der Waals surface area contributed by atoms with E-state index in [9.17, 15) is 0 Å². The summed E-state index contributed by atoms with van der Waals surface area (Å²) in [5, 5.41) is 7.39. The second-order valence-electron chi connectivity index (χ2n) is 6.45. The molecule has 0 unspecified atom stereocenters. The lowest BCUT2D eigenvalue weighted by atomic mass is 9.88. The third-order valence-corrected chi connectivity index (χ3v) is 4.95. The largest absolute Gasteiger partial charge is 0.388 e. The first-order valence-electron chi connectivity index (χ1n) is 8.36. The highest BCUT2D eigenvalue weighted by molar-refractivity contribution is 5.76. The van der Waals surface area contributed by atoms with Gasteiger partial charge in [0.15, 0.2) is 0 Å². The fourth-order valence-corrected chi connectivity index (χ4v) is 3.94. The zero-order valence-corrected chi connectivity index (χ0v) is 12.4. The predicted octanol–water partition coefficient (Wildman–Crippen LogP) is 3.67. The minimum atomic E-state index is 0.354. The van der Waals surface area contributed by atoms with Gasteiger partial charge in [0.1, 0.15) is 0 Å². The summed E-state index contributed by atoms with van der Waals surface area (Å²) in [5.74, 6) is 0.354. The van der Waals surface area contributed by atoms with E-state index in [4.69, 9.17) is 11.1 Å². The first-order chi connectivity index (χ1) is 9.27. The Hall–Kier alpha value is -0.570. The van der Waals surface area contributed by atoms with E-state index in [1.54, 1.807) is 0 Å². The van der Waals surface area contributed by atoms with Crippen LogP contribution in [0.2, 0.25) is 0 Å². The normalized spacial score (nSPS) is 22.8. The van der Waals surface area contributed by atoms with E-state index < -0.39 is 0 Å². The average molecular weight is 265 g/mol. The van der Waals surface area contributed by atoms with Crippen LogP contribution in [0.15, 0.2) is 0 Å². The smallest absolute Gasteiger partial charge is 0.0905 e. The minimum absolute atomic E-state index is 0.354. The standard InChI is InChI=1S/C16H31N3/c17-16(18)12-7-13-19(14-8-3-1-4-9-14)15-10-5-2-6-11-15/h14-15H,1-13H2,(H3,17,18). The van der Waals surface area contributed by atoms with Crippen molar-refractivity contribution in [2.45, 2.75) is 89.1 Å². The molecule has 0 aromatic heterocycles. The molecule has 3 N–H and O–H groups in total. The van der Waals surface area contributed by atoms with Gasteiger partial charge < -0.3 is 5.73 Å². The molecule has 0 saturated heterocycles. The summed E-state index contributed by atoms with van der Waals surface area (Å²) in [7, 11) is 0. The number of hydrogen-bond acceptors (Lipinski definition) is 2. The second kappa shape index (κ2) is 7.88. The molecule has 0 aromatic carbocycles. The molecule has 110 valence electrons. The molecule has 0 radical (unpaired) electrons. The van der Waals surface area contributed by atoms with Gasteiger partial charge in [-0.25, -0.2) is 0 Å². The monoisotopic (exact) mass is 265 g/mol. The van der Waals surface area contributed by atoms with E-state index >= 15 is 0 Å². The van der Waals surface area contributed by atoms with Crippen LogP contribution in [0.3, 0.4) is 0 Å². The minimum Gasteiger partial charge on any atom is -0.388 e. The molecular formula is C16H31N3. The van der Waals surface area contributed by atoms with Crippen molar-refractivity contribution in [1.29, 1.82) is 5.41 Å². The quantitative estimate of drug-likeness (QED) is 0.568. The van der Waals surface area contributed by atoms with Crippen LogP contribution in [0.4, 0.5) is 0 Å². The van der Waals surface area contributed by atoms with Gasteiger partial charge in [-0.05, 0) is 38.6 Å². The molecule has 2 fully saturated rings. The average Bonchev–Trinajstić information content (AvgIpc) is 2.45. The topological polar surface area (TPSA) is 53.1 Å². The predicted molar refractivity (Wildman–Crippen MR) is 81.6 cm³/mol. The molecule has 2 aliphatic rings. The summed E-state index contributed by atoms with van der Waals surface area (Å²) >= 11 is 0. The van der Waals surface area contributed by atoms with E-state index in [0.29, 0.717) is 5.84 Å². The Morgan fingerprint density at radius 2 is 1.37 bits per heavy atom. The van der Waals surface area contributed by atoms with Crippen molar-refractivity contribution >= 4 is 5.84 Å². The molecule has 0 amide bonds. The summed E-state index contributed by atoms with van der Waals surface area (Å²) in [6, 6.07) is 1.65. The molecule has 19 heavy (non-hydrogen) atoms. The zero-order valence-electron chi connectivity index (χ0n) is 12.4. The lowest BCUT2D eigenvalue weighted by Gasteiger charge is -2.41. The van der Waals surface area contributed by atoms with Crippen LogP contribution in [0.25, 0.3) is 0 Å². The highest BCUT2D eigenvalue weighted by Crippen LogP contribution is 2.30. The number of nitrogens with one attached hydrogen (secondary N) is 1. The highest BCUT2D eigenvalue weighted by atomic mass is 15.2.